The number of carbonyl (C=O) groups excluding carboxylic acids is 1. The number of hydrogen-bond acceptors (Lipinski definition) is 3. The van der Waals surface area contributed by atoms with Crippen LogP contribution in [-0.2, 0) is 11.4 Å². The van der Waals surface area contributed by atoms with E-state index in [1.165, 1.54) is 0 Å². The third-order valence-electron chi connectivity index (χ3n) is 3.16. The first-order valence-electron chi connectivity index (χ1n) is 6.43. The molecule has 4 nitrogen and oxygen atoms in total. The molecule has 0 aliphatic rings. The summed E-state index contributed by atoms with van der Waals surface area (Å²) in [5.74, 6) is -0.297. The van der Waals surface area contributed by atoms with E-state index in [2.05, 4.69) is 5.32 Å². The molecule has 0 fully saturated rings. The molecule has 20 heavy (non-hydrogen) atoms. The van der Waals surface area contributed by atoms with Gasteiger partial charge in [0.05, 0.1) is 6.61 Å². The number of aliphatic hydroxyl groups excluding tert-OH is 1. The van der Waals surface area contributed by atoms with E-state index in [0.717, 1.165) is 11.1 Å². The molecule has 2 aromatic rings. The number of carbonyl (C=O) groups is 1. The number of benzene rings is 2. The SMILES string of the molecule is Cc1ccc(C(N)C(=O)Nc2ccccc2CO)cc1. The second kappa shape index (κ2) is 6.32. The van der Waals surface area contributed by atoms with Gasteiger partial charge in [-0.2, -0.15) is 0 Å². The Kier molecular flexibility index (Phi) is 4.50. The van der Waals surface area contributed by atoms with Crippen molar-refractivity contribution in [1.82, 2.24) is 0 Å². The summed E-state index contributed by atoms with van der Waals surface area (Å²) in [5, 5.41) is 12.0. The fraction of sp³-hybridized carbons (Fsp3) is 0.188. The van der Waals surface area contributed by atoms with Crippen LogP contribution in [0.5, 0.6) is 0 Å². The minimum absolute atomic E-state index is 0.129. The van der Waals surface area contributed by atoms with Crippen molar-refractivity contribution in [2.75, 3.05) is 5.32 Å². The Morgan fingerprint density at radius 3 is 2.50 bits per heavy atom. The zero-order valence-corrected chi connectivity index (χ0v) is 11.3. The monoisotopic (exact) mass is 270 g/mol. The van der Waals surface area contributed by atoms with Gasteiger partial charge >= 0.3 is 0 Å². The molecule has 0 aromatic heterocycles. The molecule has 0 bridgehead atoms. The van der Waals surface area contributed by atoms with Crippen LogP contribution in [0.3, 0.4) is 0 Å². The molecule has 1 amide bonds. The molecular formula is C16H18N2O2. The van der Waals surface area contributed by atoms with Crippen molar-refractivity contribution in [2.24, 2.45) is 5.73 Å². The van der Waals surface area contributed by atoms with Crippen LogP contribution in [0.4, 0.5) is 5.69 Å². The maximum absolute atomic E-state index is 12.1. The third-order valence-corrected chi connectivity index (χ3v) is 3.16. The zero-order valence-electron chi connectivity index (χ0n) is 11.3. The number of anilines is 1. The van der Waals surface area contributed by atoms with Crippen LogP contribution in [0.15, 0.2) is 48.5 Å². The predicted molar refractivity (Wildman–Crippen MR) is 79.1 cm³/mol. The Morgan fingerprint density at radius 2 is 1.85 bits per heavy atom. The molecule has 2 aromatic carbocycles. The highest BCUT2D eigenvalue weighted by Crippen LogP contribution is 2.18. The smallest absolute Gasteiger partial charge is 0.245 e. The summed E-state index contributed by atoms with van der Waals surface area (Å²) in [6.07, 6.45) is 0. The summed E-state index contributed by atoms with van der Waals surface area (Å²) >= 11 is 0. The molecule has 104 valence electrons. The first-order chi connectivity index (χ1) is 9.61. The van der Waals surface area contributed by atoms with Crippen molar-refractivity contribution in [1.29, 1.82) is 0 Å². The Hall–Kier alpha value is -2.17. The summed E-state index contributed by atoms with van der Waals surface area (Å²) in [4.78, 5) is 12.1. The van der Waals surface area contributed by atoms with Crippen molar-refractivity contribution in [3.05, 3.63) is 65.2 Å². The van der Waals surface area contributed by atoms with Gasteiger partial charge in [-0.1, -0.05) is 48.0 Å². The van der Waals surface area contributed by atoms with E-state index >= 15 is 0 Å². The highest BCUT2D eigenvalue weighted by Gasteiger charge is 2.16. The number of nitrogens with one attached hydrogen (secondary N) is 1. The van der Waals surface area contributed by atoms with Crippen molar-refractivity contribution < 1.29 is 9.90 Å². The Labute approximate surface area is 118 Å². The Balaban J connectivity index is 2.13. The minimum atomic E-state index is -0.734. The molecule has 4 N–H and O–H groups in total. The minimum Gasteiger partial charge on any atom is -0.392 e. The number of hydrogen-bond donors (Lipinski definition) is 3. The van der Waals surface area contributed by atoms with Gasteiger partial charge in [0.1, 0.15) is 6.04 Å². The van der Waals surface area contributed by atoms with Crippen molar-refractivity contribution in [3.63, 3.8) is 0 Å². The standard InChI is InChI=1S/C16H18N2O2/c1-11-6-8-12(9-7-11)15(17)16(20)18-14-5-3-2-4-13(14)10-19/h2-9,15,19H,10,17H2,1H3,(H,18,20). The maximum Gasteiger partial charge on any atom is 0.245 e. The van der Waals surface area contributed by atoms with E-state index in [-0.39, 0.29) is 12.5 Å². The highest BCUT2D eigenvalue weighted by molar-refractivity contribution is 5.96. The summed E-state index contributed by atoms with van der Waals surface area (Å²) < 4.78 is 0. The molecule has 0 aliphatic carbocycles. The van der Waals surface area contributed by atoms with Crippen LogP contribution in [0.25, 0.3) is 0 Å². The van der Waals surface area contributed by atoms with Crippen molar-refractivity contribution in [2.45, 2.75) is 19.6 Å². The first-order valence-corrected chi connectivity index (χ1v) is 6.43. The number of amides is 1. The lowest BCUT2D eigenvalue weighted by Crippen LogP contribution is -2.28. The van der Waals surface area contributed by atoms with Gasteiger partial charge in [-0.05, 0) is 18.6 Å². The molecule has 2 rings (SSSR count). The van der Waals surface area contributed by atoms with Crippen molar-refractivity contribution >= 4 is 11.6 Å². The second-order valence-corrected chi connectivity index (χ2v) is 4.69. The van der Waals surface area contributed by atoms with Gasteiger partial charge in [0, 0.05) is 11.3 Å². The van der Waals surface area contributed by atoms with Crippen LogP contribution in [0, 0.1) is 6.92 Å². The second-order valence-electron chi connectivity index (χ2n) is 4.69. The number of aryl methyl sites for hydroxylation is 1. The Morgan fingerprint density at radius 1 is 1.20 bits per heavy atom. The summed E-state index contributed by atoms with van der Waals surface area (Å²) in [6, 6.07) is 13.9. The molecule has 4 heteroatoms. The van der Waals surface area contributed by atoms with E-state index in [4.69, 9.17) is 5.73 Å². The van der Waals surface area contributed by atoms with Crippen LogP contribution in [0.1, 0.15) is 22.7 Å². The van der Waals surface area contributed by atoms with E-state index < -0.39 is 6.04 Å². The normalized spacial score (nSPS) is 11.9. The van der Waals surface area contributed by atoms with E-state index in [1.807, 2.05) is 31.2 Å². The van der Waals surface area contributed by atoms with Gasteiger partial charge in [-0.25, -0.2) is 0 Å². The average Bonchev–Trinajstić information content (AvgIpc) is 2.48. The summed E-state index contributed by atoms with van der Waals surface area (Å²) in [7, 11) is 0. The number of para-hydroxylation sites is 1. The molecule has 1 atom stereocenters. The molecule has 0 radical (unpaired) electrons. The van der Waals surface area contributed by atoms with Crippen LogP contribution >= 0.6 is 0 Å². The van der Waals surface area contributed by atoms with Gasteiger partial charge in [-0.3, -0.25) is 4.79 Å². The van der Waals surface area contributed by atoms with E-state index in [1.54, 1.807) is 24.3 Å². The number of aliphatic hydroxyl groups is 1. The lowest BCUT2D eigenvalue weighted by molar-refractivity contribution is -0.117. The number of rotatable bonds is 4. The Bertz CT molecular complexity index is 594. The maximum atomic E-state index is 12.1. The molecule has 1 unspecified atom stereocenters. The zero-order chi connectivity index (χ0) is 14.5. The summed E-state index contributed by atoms with van der Waals surface area (Å²) in [6.45, 7) is 1.85. The quantitative estimate of drug-likeness (QED) is 0.796. The molecule has 0 heterocycles. The largest absolute Gasteiger partial charge is 0.392 e. The van der Waals surface area contributed by atoms with Gasteiger partial charge in [0.2, 0.25) is 5.91 Å². The summed E-state index contributed by atoms with van der Waals surface area (Å²) in [5.41, 5.74) is 9.08. The topological polar surface area (TPSA) is 75.4 Å². The van der Waals surface area contributed by atoms with Gasteiger partial charge in [0.15, 0.2) is 0 Å². The predicted octanol–water partition coefficient (Wildman–Crippen LogP) is 2.13. The molecule has 0 aliphatic heterocycles. The van der Waals surface area contributed by atoms with Gasteiger partial charge < -0.3 is 16.2 Å². The van der Waals surface area contributed by atoms with Crippen LogP contribution < -0.4 is 11.1 Å². The lowest BCUT2D eigenvalue weighted by atomic mass is 10.0. The molecule has 0 spiro atoms. The lowest BCUT2D eigenvalue weighted by Gasteiger charge is -2.14. The highest BCUT2D eigenvalue weighted by atomic mass is 16.3. The number of nitrogens with two attached hydrogens (primary N) is 1. The van der Waals surface area contributed by atoms with E-state index in [0.29, 0.717) is 11.3 Å². The first kappa shape index (κ1) is 14.2. The van der Waals surface area contributed by atoms with Gasteiger partial charge in [-0.15, -0.1) is 0 Å². The fourth-order valence-corrected chi connectivity index (χ4v) is 1.92. The van der Waals surface area contributed by atoms with Crippen molar-refractivity contribution in [3.8, 4) is 0 Å². The van der Waals surface area contributed by atoms with Crippen LogP contribution in [-0.4, -0.2) is 11.0 Å². The van der Waals surface area contributed by atoms with Crippen LogP contribution in [0.2, 0.25) is 0 Å². The van der Waals surface area contributed by atoms with E-state index in [9.17, 15) is 9.90 Å². The molecular weight excluding hydrogens is 252 g/mol. The average molecular weight is 270 g/mol. The molecule has 0 saturated heterocycles. The van der Waals surface area contributed by atoms with Gasteiger partial charge in [0.25, 0.3) is 0 Å². The fourth-order valence-electron chi connectivity index (χ4n) is 1.92. The third kappa shape index (κ3) is 3.23. The molecule has 0 saturated carbocycles.